The van der Waals surface area contributed by atoms with E-state index >= 15 is 0 Å². The summed E-state index contributed by atoms with van der Waals surface area (Å²) in [6, 6.07) is 40.5. The van der Waals surface area contributed by atoms with Crippen LogP contribution < -0.4 is 26.1 Å². The van der Waals surface area contributed by atoms with E-state index < -0.39 is 0 Å². The van der Waals surface area contributed by atoms with E-state index in [0.29, 0.717) is 11.8 Å². The predicted octanol–water partition coefficient (Wildman–Crippen LogP) is 11.1. The van der Waals surface area contributed by atoms with Gasteiger partial charge in [-0.3, -0.25) is 4.99 Å². The molecule has 7 aliphatic rings. The zero-order chi connectivity index (χ0) is 38.9. The minimum Gasteiger partial charge on any atom is -0.362 e. The molecule has 0 saturated heterocycles. The van der Waals surface area contributed by atoms with Crippen molar-refractivity contribution in [1.82, 2.24) is 5.32 Å². The molecule has 6 unspecified atom stereocenters. The van der Waals surface area contributed by atoms with Crippen LogP contribution in [0.15, 0.2) is 192 Å². The van der Waals surface area contributed by atoms with Crippen molar-refractivity contribution in [3.05, 3.63) is 237 Å². The lowest BCUT2D eigenvalue weighted by molar-refractivity contribution is 0.449. The maximum Gasteiger partial charge on any atom is 0.130 e. The molecule has 12 rings (SSSR count). The van der Waals surface area contributed by atoms with Crippen molar-refractivity contribution in [3.63, 3.8) is 0 Å². The molecule has 5 aromatic rings. The molecule has 59 heavy (non-hydrogen) atoms. The Morgan fingerprint density at radius 3 is 2.34 bits per heavy atom. The number of hydrogen-bond acceptors (Lipinski definition) is 4. The number of fused-ring (bicyclic) bond motifs is 8. The van der Waals surface area contributed by atoms with Crippen LogP contribution >= 0.6 is 0 Å². The fourth-order valence-electron chi connectivity index (χ4n) is 10.8. The van der Waals surface area contributed by atoms with Crippen molar-refractivity contribution in [3.8, 4) is 0 Å². The van der Waals surface area contributed by atoms with Gasteiger partial charge in [0.25, 0.3) is 0 Å². The molecule has 4 heteroatoms. The molecule has 3 heterocycles. The second-order valence-corrected chi connectivity index (χ2v) is 17.0. The van der Waals surface area contributed by atoms with Gasteiger partial charge in [0, 0.05) is 34.6 Å². The molecule has 0 bridgehead atoms. The van der Waals surface area contributed by atoms with E-state index in [4.69, 9.17) is 4.99 Å². The Bertz CT molecular complexity index is 2890. The van der Waals surface area contributed by atoms with Gasteiger partial charge in [-0.1, -0.05) is 170 Å². The molecular formula is C55H46N4. The number of para-hydroxylation sites is 2. The van der Waals surface area contributed by atoms with Crippen LogP contribution in [0.25, 0.3) is 11.8 Å². The Labute approximate surface area is 346 Å². The number of anilines is 3. The third-order valence-corrected chi connectivity index (χ3v) is 13.6. The first-order valence-electron chi connectivity index (χ1n) is 21.5. The predicted molar refractivity (Wildman–Crippen MR) is 242 cm³/mol. The maximum atomic E-state index is 5.53. The number of rotatable bonds is 5. The second-order valence-electron chi connectivity index (χ2n) is 17.0. The van der Waals surface area contributed by atoms with Gasteiger partial charge in [-0.05, 0) is 87.9 Å². The lowest BCUT2D eigenvalue weighted by Crippen LogP contribution is -2.48. The molecule has 0 fully saturated rings. The summed E-state index contributed by atoms with van der Waals surface area (Å²) in [6.07, 6.45) is 31.8. The van der Waals surface area contributed by atoms with Crippen LogP contribution in [0.4, 0.5) is 17.1 Å². The second kappa shape index (κ2) is 14.0. The Balaban J connectivity index is 0.827. The molecule has 5 aromatic carbocycles. The van der Waals surface area contributed by atoms with Gasteiger partial charge in [-0.15, -0.1) is 0 Å². The summed E-state index contributed by atoms with van der Waals surface area (Å²) in [5, 5.41) is 10.3. The van der Waals surface area contributed by atoms with Gasteiger partial charge < -0.3 is 15.5 Å². The van der Waals surface area contributed by atoms with Gasteiger partial charge in [0.1, 0.15) is 12.3 Å². The molecule has 0 spiro atoms. The van der Waals surface area contributed by atoms with E-state index in [1.165, 1.54) is 83.4 Å². The molecule has 3 aliphatic heterocycles. The third-order valence-electron chi connectivity index (χ3n) is 13.6. The van der Waals surface area contributed by atoms with Crippen LogP contribution in [-0.4, -0.2) is 6.17 Å². The minimum atomic E-state index is -0.0501. The van der Waals surface area contributed by atoms with E-state index in [1.807, 2.05) is 0 Å². The van der Waals surface area contributed by atoms with E-state index in [2.05, 4.69) is 198 Å². The maximum absolute atomic E-state index is 5.53. The number of benzene rings is 5. The molecule has 286 valence electrons. The highest BCUT2D eigenvalue weighted by Crippen LogP contribution is 2.57. The number of nitrogens with zero attached hydrogens (tertiary/aromatic N) is 2. The summed E-state index contributed by atoms with van der Waals surface area (Å²) in [5.41, 5.74) is 17.1. The van der Waals surface area contributed by atoms with Crippen molar-refractivity contribution in [2.75, 3.05) is 10.2 Å². The summed E-state index contributed by atoms with van der Waals surface area (Å²) in [5.74, 6) is 1.14. The quantitative estimate of drug-likeness (QED) is 0.187. The van der Waals surface area contributed by atoms with Gasteiger partial charge in [0.2, 0.25) is 0 Å². The molecule has 2 N–H and O–H groups in total. The Morgan fingerprint density at radius 1 is 0.644 bits per heavy atom. The zero-order valence-corrected chi connectivity index (χ0v) is 33.0. The first-order valence-corrected chi connectivity index (χ1v) is 21.5. The fourth-order valence-corrected chi connectivity index (χ4v) is 10.8. The average Bonchev–Trinajstić information content (AvgIpc) is 3.66. The monoisotopic (exact) mass is 762 g/mol. The average molecular weight is 763 g/mol. The van der Waals surface area contributed by atoms with Crippen molar-refractivity contribution >= 4 is 28.8 Å². The van der Waals surface area contributed by atoms with Gasteiger partial charge in [0.15, 0.2) is 0 Å². The smallest absolute Gasteiger partial charge is 0.130 e. The SMILES string of the molecule is C1=CC(c2cccc(C3Nc4cccc5c4N3c3ccccc3C3C=CC=CC53)c2)CC(C2=CC=CC(C3N=c4c5c(ccc4=C(c4ccccc4)N3)C=CCC5)C2)=C1. The van der Waals surface area contributed by atoms with Crippen LogP contribution in [0.5, 0.6) is 0 Å². The summed E-state index contributed by atoms with van der Waals surface area (Å²) >= 11 is 0. The Hall–Kier alpha value is -6.65. The third kappa shape index (κ3) is 5.76. The highest BCUT2D eigenvalue weighted by Gasteiger charge is 2.41. The molecule has 0 amide bonds. The minimum absolute atomic E-state index is 0.00835. The van der Waals surface area contributed by atoms with Gasteiger partial charge in [-0.25, -0.2) is 0 Å². The van der Waals surface area contributed by atoms with E-state index in [1.54, 1.807) is 0 Å². The van der Waals surface area contributed by atoms with Crippen LogP contribution in [0.2, 0.25) is 0 Å². The highest BCUT2D eigenvalue weighted by atomic mass is 15.3. The molecule has 0 radical (unpaired) electrons. The van der Waals surface area contributed by atoms with Crippen molar-refractivity contribution < 1.29 is 0 Å². The summed E-state index contributed by atoms with van der Waals surface area (Å²) in [4.78, 5) is 8.11. The van der Waals surface area contributed by atoms with Gasteiger partial charge in [0.05, 0.1) is 22.4 Å². The standard InChI is InChI=1S/C55H46N4/c1-2-15-36(16-3-1)51-48-31-30-35-14-4-5-23-43(35)52(48)58-54(57-51)41-21-11-19-39(33-41)37-17-10-18-38(32-37)40-20-12-22-42(34-40)55-56-49-28-13-27-47-45-25-7-6-24-44(45)46-26-8-9-29-50(46)59(55)53(47)49/h1-4,6-22,24-31,34,38,41,44-45,54-57H,5,23,32-33H2. The number of nitrogens with one attached hydrogen (secondary N) is 2. The first kappa shape index (κ1) is 34.4. The highest BCUT2D eigenvalue weighted by molar-refractivity contribution is 5.89. The summed E-state index contributed by atoms with van der Waals surface area (Å²) < 4.78 is 0. The van der Waals surface area contributed by atoms with Crippen molar-refractivity contribution in [1.29, 1.82) is 0 Å². The summed E-state index contributed by atoms with van der Waals surface area (Å²) in [6.45, 7) is 0. The number of allylic oxidation sites excluding steroid dienone is 12. The van der Waals surface area contributed by atoms with Gasteiger partial charge in [-0.2, -0.15) is 0 Å². The zero-order valence-electron chi connectivity index (χ0n) is 33.0. The Morgan fingerprint density at radius 2 is 1.42 bits per heavy atom. The topological polar surface area (TPSA) is 39.7 Å². The van der Waals surface area contributed by atoms with Crippen LogP contribution in [0, 0.1) is 5.92 Å². The lowest BCUT2D eigenvalue weighted by Gasteiger charge is -2.32. The van der Waals surface area contributed by atoms with Crippen LogP contribution in [-0.2, 0) is 6.42 Å². The first-order chi connectivity index (χ1) is 29.2. The normalized spacial score (nSPS) is 25.2. The van der Waals surface area contributed by atoms with Crippen LogP contribution in [0.1, 0.15) is 82.1 Å². The lowest BCUT2D eigenvalue weighted by atomic mass is 9.79. The largest absolute Gasteiger partial charge is 0.362 e. The molecule has 4 nitrogen and oxygen atoms in total. The van der Waals surface area contributed by atoms with E-state index in [0.717, 1.165) is 25.7 Å². The molecule has 6 atom stereocenters. The van der Waals surface area contributed by atoms with Crippen molar-refractivity contribution in [2.24, 2.45) is 10.9 Å². The fraction of sp³-hybridized carbons (Fsp3) is 0.182. The van der Waals surface area contributed by atoms with Gasteiger partial charge >= 0.3 is 0 Å². The molecule has 4 aliphatic carbocycles. The molecule has 0 aromatic heterocycles. The van der Waals surface area contributed by atoms with Crippen molar-refractivity contribution in [2.45, 2.75) is 55.8 Å². The van der Waals surface area contributed by atoms with E-state index in [9.17, 15) is 0 Å². The Kier molecular flexibility index (Phi) is 8.18. The van der Waals surface area contributed by atoms with Crippen LogP contribution in [0.3, 0.4) is 0 Å². The number of hydrogen-bond donors (Lipinski definition) is 2. The summed E-state index contributed by atoms with van der Waals surface area (Å²) in [7, 11) is 0. The molecular weight excluding hydrogens is 717 g/mol. The van der Waals surface area contributed by atoms with E-state index in [-0.39, 0.29) is 24.2 Å². The molecule has 0 saturated carbocycles.